The van der Waals surface area contributed by atoms with Crippen LogP contribution >= 0.6 is 12.2 Å². The van der Waals surface area contributed by atoms with Gasteiger partial charge < -0.3 is 15.8 Å². The number of thiocarbonyl (C=S) groups is 1. The van der Waals surface area contributed by atoms with Crippen LogP contribution < -0.4 is 15.8 Å². The average molecular weight is 266 g/mol. The molecule has 98 valence electrons. The summed E-state index contributed by atoms with van der Waals surface area (Å²) in [6.45, 7) is 5.69. The maximum atomic E-state index is 11.5. The van der Waals surface area contributed by atoms with Crippen LogP contribution in [0.25, 0.3) is 0 Å². The summed E-state index contributed by atoms with van der Waals surface area (Å²) in [5.41, 5.74) is 7.22. The van der Waals surface area contributed by atoms with E-state index in [1.807, 2.05) is 32.9 Å². The Labute approximate surface area is 113 Å². The van der Waals surface area contributed by atoms with Crippen LogP contribution in [0.15, 0.2) is 18.2 Å². The van der Waals surface area contributed by atoms with E-state index in [0.29, 0.717) is 10.7 Å². The summed E-state index contributed by atoms with van der Waals surface area (Å²) in [6.07, 6.45) is 0. The van der Waals surface area contributed by atoms with Crippen LogP contribution in [0.4, 0.5) is 0 Å². The summed E-state index contributed by atoms with van der Waals surface area (Å²) in [5.74, 6) is 0.476. The van der Waals surface area contributed by atoms with Gasteiger partial charge in [-0.2, -0.15) is 0 Å². The normalized spacial score (nSPS) is 10.2. The molecule has 18 heavy (non-hydrogen) atoms. The lowest BCUT2D eigenvalue weighted by Gasteiger charge is -2.12. The number of benzene rings is 1. The molecule has 1 aromatic rings. The SMILES string of the molecule is Cc1ccc(C(N)=S)cc1OCC(=O)NC(C)C. The minimum Gasteiger partial charge on any atom is -0.483 e. The van der Waals surface area contributed by atoms with Crippen molar-refractivity contribution in [3.05, 3.63) is 29.3 Å². The van der Waals surface area contributed by atoms with Gasteiger partial charge in [-0.05, 0) is 32.4 Å². The third-order valence-electron chi connectivity index (χ3n) is 2.28. The van der Waals surface area contributed by atoms with Crippen molar-refractivity contribution in [2.24, 2.45) is 5.73 Å². The first-order chi connectivity index (χ1) is 8.40. The third-order valence-corrected chi connectivity index (χ3v) is 2.52. The minimum absolute atomic E-state index is 0.0141. The highest BCUT2D eigenvalue weighted by Gasteiger charge is 2.07. The molecule has 4 nitrogen and oxygen atoms in total. The Bertz CT molecular complexity index is 458. The van der Waals surface area contributed by atoms with Crippen molar-refractivity contribution in [2.45, 2.75) is 26.8 Å². The van der Waals surface area contributed by atoms with E-state index in [1.54, 1.807) is 6.07 Å². The summed E-state index contributed by atoms with van der Waals surface area (Å²) in [7, 11) is 0. The van der Waals surface area contributed by atoms with E-state index >= 15 is 0 Å². The van der Waals surface area contributed by atoms with Crippen molar-refractivity contribution in [2.75, 3.05) is 6.61 Å². The van der Waals surface area contributed by atoms with E-state index in [2.05, 4.69) is 5.32 Å². The number of hydrogen-bond donors (Lipinski definition) is 2. The standard InChI is InChI=1S/C13H18N2O2S/c1-8(2)15-12(16)7-17-11-6-10(13(14)18)5-4-9(11)3/h4-6,8H,7H2,1-3H3,(H2,14,18)(H,15,16). The zero-order valence-corrected chi connectivity index (χ0v) is 11.6. The monoisotopic (exact) mass is 266 g/mol. The molecular weight excluding hydrogens is 248 g/mol. The molecule has 0 aliphatic rings. The third kappa shape index (κ3) is 4.33. The molecule has 0 saturated carbocycles. The van der Waals surface area contributed by atoms with Crippen molar-refractivity contribution in [3.63, 3.8) is 0 Å². The fraction of sp³-hybridized carbons (Fsp3) is 0.385. The van der Waals surface area contributed by atoms with E-state index in [0.717, 1.165) is 11.1 Å². The molecule has 0 saturated heterocycles. The Morgan fingerprint density at radius 3 is 2.72 bits per heavy atom. The minimum atomic E-state index is -0.148. The van der Waals surface area contributed by atoms with Crippen LogP contribution in [0.1, 0.15) is 25.0 Å². The van der Waals surface area contributed by atoms with Gasteiger partial charge in [-0.15, -0.1) is 0 Å². The molecule has 0 aliphatic heterocycles. The number of nitrogens with one attached hydrogen (secondary N) is 1. The molecule has 0 atom stereocenters. The second-order valence-corrected chi connectivity index (χ2v) is 4.80. The molecule has 0 unspecified atom stereocenters. The second kappa shape index (κ2) is 6.35. The zero-order valence-electron chi connectivity index (χ0n) is 10.8. The van der Waals surface area contributed by atoms with E-state index in [1.165, 1.54) is 0 Å². The summed E-state index contributed by atoms with van der Waals surface area (Å²) < 4.78 is 5.46. The maximum Gasteiger partial charge on any atom is 0.258 e. The van der Waals surface area contributed by atoms with Gasteiger partial charge in [0.15, 0.2) is 6.61 Å². The molecule has 5 heteroatoms. The predicted molar refractivity (Wildman–Crippen MR) is 75.8 cm³/mol. The Morgan fingerprint density at radius 1 is 1.50 bits per heavy atom. The van der Waals surface area contributed by atoms with Crippen LogP contribution in [0.5, 0.6) is 5.75 Å². The number of amides is 1. The fourth-order valence-corrected chi connectivity index (χ4v) is 1.54. The Kier molecular flexibility index (Phi) is 5.09. The van der Waals surface area contributed by atoms with Gasteiger partial charge in [-0.3, -0.25) is 4.79 Å². The Morgan fingerprint density at radius 2 is 2.17 bits per heavy atom. The van der Waals surface area contributed by atoms with E-state index < -0.39 is 0 Å². The van der Waals surface area contributed by atoms with Crippen molar-refractivity contribution in [1.29, 1.82) is 0 Å². The number of nitrogens with two attached hydrogens (primary N) is 1. The number of rotatable bonds is 5. The highest BCUT2D eigenvalue weighted by Crippen LogP contribution is 2.19. The predicted octanol–water partition coefficient (Wildman–Crippen LogP) is 1.53. The van der Waals surface area contributed by atoms with Crippen LogP contribution in [0.3, 0.4) is 0 Å². The van der Waals surface area contributed by atoms with Crippen molar-refractivity contribution >= 4 is 23.1 Å². The smallest absolute Gasteiger partial charge is 0.258 e. The van der Waals surface area contributed by atoms with Gasteiger partial charge in [0.05, 0.1) is 0 Å². The first kappa shape index (κ1) is 14.4. The van der Waals surface area contributed by atoms with Gasteiger partial charge in [0.1, 0.15) is 10.7 Å². The Hall–Kier alpha value is -1.62. The van der Waals surface area contributed by atoms with Crippen molar-refractivity contribution < 1.29 is 9.53 Å². The van der Waals surface area contributed by atoms with Gasteiger partial charge in [0.2, 0.25) is 0 Å². The van der Waals surface area contributed by atoms with Crippen LogP contribution in [-0.4, -0.2) is 23.5 Å². The maximum absolute atomic E-state index is 11.5. The van der Waals surface area contributed by atoms with E-state index in [-0.39, 0.29) is 18.6 Å². The summed E-state index contributed by atoms with van der Waals surface area (Å²) in [4.78, 5) is 11.8. The topological polar surface area (TPSA) is 64.3 Å². The zero-order chi connectivity index (χ0) is 13.7. The number of ether oxygens (including phenoxy) is 1. The van der Waals surface area contributed by atoms with Gasteiger partial charge in [-0.25, -0.2) is 0 Å². The summed E-state index contributed by atoms with van der Waals surface area (Å²) in [5, 5.41) is 2.76. The lowest BCUT2D eigenvalue weighted by atomic mass is 10.1. The van der Waals surface area contributed by atoms with Gasteiger partial charge >= 0.3 is 0 Å². The molecule has 0 radical (unpaired) electrons. The number of hydrogen-bond acceptors (Lipinski definition) is 3. The number of aryl methyl sites for hydroxylation is 1. The fourth-order valence-electron chi connectivity index (χ4n) is 1.42. The molecule has 0 fully saturated rings. The lowest BCUT2D eigenvalue weighted by Crippen LogP contribution is -2.34. The van der Waals surface area contributed by atoms with Crippen LogP contribution in [0, 0.1) is 6.92 Å². The molecule has 0 heterocycles. The van der Waals surface area contributed by atoms with E-state index in [4.69, 9.17) is 22.7 Å². The number of carbonyl (C=O) groups excluding carboxylic acids is 1. The molecular formula is C13H18N2O2S. The molecule has 0 spiro atoms. The first-order valence-corrected chi connectivity index (χ1v) is 6.13. The van der Waals surface area contributed by atoms with Crippen LogP contribution in [-0.2, 0) is 4.79 Å². The molecule has 1 amide bonds. The van der Waals surface area contributed by atoms with Crippen molar-refractivity contribution in [1.82, 2.24) is 5.32 Å². The second-order valence-electron chi connectivity index (χ2n) is 4.36. The molecule has 1 rings (SSSR count). The highest BCUT2D eigenvalue weighted by molar-refractivity contribution is 7.80. The quantitative estimate of drug-likeness (QED) is 0.793. The molecule has 3 N–H and O–H groups in total. The highest BCUT2D eigenvalue weighted by atomic mass is 32.1. The lowest BCUT2D eigenvalue weighted by molar-refractivity contribution is -0.123. The average Bonchev–Trinajstić information content (AvgIpc) is 2.26. The first-order valence-electron chi connectivity index (χ1n) is 5.72. The Balaban J connectivity index is 2.69. The van der Waals surface area contributed by atoms with Crippen molar-refractivity contribution in [3.8, 4) is 5.75 Å². The van der Waals surface area contributed by atoms with Gasteiger partial charge in [0, 0.05) is 11.6 Å². The number of carbonyl (C=O) groups is 1. The van der Waals surface area contributed by atoms with Crippen LogP contribution in [0.2, 0.25) is 0 Å². The van der Waals surface area contributed by atoms with Gasteiger partial charge in [-0.1, -0.05) is 24.4 Å². The van der Waals surface area contributed by atoms with Gasteiger partial charge in [0.25, 0.3) is 5.91 Å². The molecule has 0 aromatic heterocycles. The summed E-state index contributed by atoms with van der Waals surface area (Å²) >= 11 is 4.90. The summed E-state index contributed by atoms with van der Waals surface area (Å²) in [6, 6.07) is 5.55. The largest absolute Gasteiger partial charge is 0.483 e. The molecule has 0 aliphatic carbocycles. The molecule has 1 aromatic carbocycles. The van der Waals surface area contributed by atoms with E-state index in [9.17, 15) is 4.79 Å². The molecule has 0 bridgehead atoms.